The number of fused-ring (bicyclic) bond motifs is 1. The molecule has 0 fully saturated rings. The fraction of sp³-hybridized carbons (Fsp3) is 0.174. The molecule has 35 heavy (non-hydrogen) atoms. The summed E-state index contributed by atoms with van der Waals surface area (Å²) >= 11 is 4.27. The molecule has 5 rings (SSSR count). The molecule has 9 nitrogen and oxygen atoms in total. The van der Waals surface area contributed by atoms with Gasteiger partial charge in [0.2, 0.25) is 11.0 Å². The molecule has 3 aromatic heterocycles. The number of carbonyl (C=O) groups excluding carboxylic acids is 1. The van der Waals surface area contributed by atoms with Crippen molar-refractivity contribution in [2.24, 2.45) is 0 Å². The quantitative estimate of drug-likeness (QED) is 0.202. The molecular formula is C23H21N7O2S3. The zero-order chi connectivity index (χ0) is 24.2. The lowest BCUT2D eigenvalue weighted by Gasteiger charge is -2.11. The standard InChI is InChI=1S/C23H21N7O2S3/c1-3-33-23-29-27-21(35-23)25-19(31)13-34-22-28-26-20(17-12-24-18-7-5-4-6-16(17)18)30(22)14-8-10-15(32-2)11-9-14/h4-12,24H,3,13H2,1-2H3,(H,25,27,31). The Morgan fingerprint density at radius 1 is 1.09 bits per heavy atom. The van der Waals surface area contributed by atoms with Gasteiger partial charge in [0, 0.05) is 28.4 Å². The molecule has 0 radical (unpaired) electrons. The summed E-state index contributed by atoms with van der Waals surface area (Å²) in [5.41, 5.74) is 2.80. The molecule has 0 atom stereocenters. The predicted molar refractivity (Wildman–Crippen MR) is 141 cm³/mol. The fourth-order valence-electron chi connectivity index (χ4n) is 3.49. The fourth-order valence-corrected chi connectivity index (χ4v) is 5.90. The summed E-state index contributed by atoms with van der Waals surface area (Å²) in [5, 5.41) is 22.0. The number of aromatic nitrogens is 6. The summed E-state index contributed by atoms with van der Waals surface area (Å²) in [6, 6.07) is 15.7. The average Bonchev–Trinajstić information content (AvgIpc) is 3.61. The molecule has 12 heteroatoms. The Hall–Kier alpha value is -3.35. The molecule has 2 aromatic carbocycles. The minimum Gasteiger partial charge on any atom is -0.497 e. The molecule has 0 spiro atoms. The van der Waals surface area contributed by atoms with Gasteiger partial charge in [0.25, 0.3) is 0 Å². The molecule has 0 aliphatic carbocycles. The van der Waals surface area contributed by atoms with E-state index in [-0.39, 0.29) is 11.7 Å². The number of H-pyrrole nitrogens is 1. The highest BCUT2D eigenvalue weighted by atomic mass is 32.2. The van der Waals surface area contributed by atoms with Gasteiger partial charge in [0.1, 0.15) is 5.75 Å². The summed E-state index contributed by atoms with van der Waals surface area (Å²) in [6.45, 7) is 2.05. The molecular weight excluding hydrogens is 503 g/mol. The maximum Gasteiger partial charge on any atom is 0.236 e. The van der Waals surface area contributed by atoms with Crippen LogP contribution in [0.25, 0.3) is 28.0 Å². The minimum absolute atomic E-state index is 0.151. The monoisotopic (exact) mass is 523 g/mol. The Morgan fingerprint density at radius 2 is 1.91 bits per heavy atom. The number of methoxy groups -OCH3 is 1. The molecule has 0 saturated carbocycles. The number of para-hydroxylation sites is 1. The topological polar surface area (TPSA) is 111 Å². The molecule has 0 saturated heterocycles. The van der Waals surface area contributed by atoms with Crippen molar-refractivity contribution in [3.8, 4) is 22.8 Å². The smallest absolute Gasteiger partial charge is 0.236 e. The number of benzene rings is 2. The zero-order valence-electron chi connectivity index (χ0n) is 18.9. The van der Waals surface area contributed by atoms with E-state index in [2.05, 4.69) is 30.7 Å². The second-order valence-corrected chi connectivity index (χ2v) is 10.7. The first-order valence-electron chi connectivity index (χ1n) is 10.7. The molecule has 2 N–H and O–H groups in total. The van der Waals surface area contributed by atoms with Gasteiger partial charge in [-0.2, -0.15) is 0 Å². The van der Waals surface area contributed by atoms with E-state index in [4.69, 9.17) is 4.74 Å². The van der Waals surface area contributed by atoms with Crippen molar-refractivity contribution in [1.82, 2.24) is 29.9 Å². The van der Waals surface area contributed by atoms with Crippen molar-refractivity contribution in [2.45, 2.75) is 16.4 Å². The molecule has 3 heterocycles. The number of hydrogen-bond acceptors (Lipinski definition) is 9. The first-order chi connectivity index (χ1) is 17.2. The summed E-state index contributed by atoms with van der Waals surface area (Å²) in [4.78, 5) is 15.9. The van der Waals surface area contributed by atoms with Crippen molar-refractivity contribution in [1.29, 1.82) is 0 Å². The average molecular weight is 524 g/mol. The Labute approximate surface area is 213 Å². The number of nitrogens with zero attached hydrogens (tertiary/aromatic N) is 5. The van der Waals surface area contributed by atoms with Crippen LogP contribution in [-0.4, -0.2) is 54.5 Å². The number of rotatable bonds is 9. The van der Waals surface area contributed by atoms with Crippen LogP contribution in [0.5, 0.6) is 5.75 Å². The number of amides is 1. The summed E-state index contributed by atoms with van der Waals surface area (Å²) in [6.07, 6.45) is 1.93. The van der Waals surface area contributed by atoms with Crippen LogP contribution in [0.15, 0.2) is 64.2 Å². The van der Waals surface area contributed by atoms with Gasteiger partial charge in [-0.25, -0.2) is 0 Å². The largest absolute Gasteiger partial charge is 0.497 e. The molecule has 5 aromatic rings. The van der Waals surface area contributed by atoms with E-state index in [1.807, 2.05) is 66.2 Å². The molecule has 0 unspecified atom stereocenters. The zero-order valence-corrected chi connectivity index (χ0v) is 21.3. The molecule has 0 aliphatic rings. The minimum atomic E-state index is -0.183. The van der Waals surface area contributed by atoms with Gasteiger partial charge in [-0.15, -0.1) is 20.4 Å². The van der Waals surface area contributed by atoms with E-state index in [0.717, 1.165) is 38.0 Å². The van der Waals surface area contributed by atoms with E-state index in [0.29, 0.717) is 16.1 Å². The van der Waals surface area contributed by atoms with Crippen molar-refractivity contribution in [3.05, 3.63) is 54.7 Å². The number of anilines is 1. The maximum absolute atomic E-state index is 12.6. The predicted octanol–water partition coefficient (Wildman–Crippen LogP) is 5.12. The highest BCUT2D eigenvalue weighted by Gasteiger charge is 2.20. The van der Waals surface area contributed by atoms with Crippen molar-refractivity contribution in [2.75, 3.05) is 23.9 Å². The Kier molecular flexibility index (Phi) is 7.02. The van der Waals surface area contributed by atoms with Crippen LogP contribution in [0.3, 0.4) is 0 Å². The van der Waals surface area contributed by atoms with Crippen LogP contribution >= 0.6 is 34.9 Å². The van der Waals surface area contributed by atoms with Gasteiger partial charge in [-0.3, -0.25) is 14.7 Å². The van der Waals surface area contributed by atoms with E-state index >= 15 is 0 Å². The van der Waals surface area contributed by atoms with Gasteiger partial charge in [0.05, 0.1) is 12.9 Å². The number of thioether (sulfide) groups is 2. The van der Waals surface area contributed by atoms with Gasteiger partial charge < -0.3 is 9.72 Å². The lowest BCUT2D eigenvalue weighted by atomic mass is 10.1. The first-order valence-corrected chi connectivity index (χ1v) is 13.5. The molecule has 1 amide bonds. The second kappa shape index (κ2) is 10.5. The van der Waals surface area contributed by atoms with Gasteiger partial charge in [-0.05, 0) is 36.1 Å². The normalized spacial score (nSPS) is 11.1. The van der Waals surface area contributed by atoms with Crippen molar-refractivity contribution >= 4 is 56.8 Å². The van der Waals surface area contributed by atoms with Crippen LogP contribution in [0.4, 0.5) is 5.13 Å². The second-order valence-electron chi connectivity index (χ2n) is 7.23. The highest BCUT2D eigenvalue weighted by Crippen LogP contribution is 2.33. The third kappa shape index (κ3) is 5.04. The van der Waals surface area contributed by atoms with Crippen molar-refractivity contribution < 1.29 is 9.53 Å². The van der Waals surface area contributed by atoms with E-state index in [1.165, 1.54) is 23.1 Å². The SMILES string of the molecule is CCSc1nnc(NC(=O)CSc2nnc(-c3c[nH]c4ccccc34)n2-c2ccc(OC)cc2)s1. The van der Waals surface area contributed by atoms with Crippen LogP contribution < -0.4 is 10.1 Å². The molecule has 178 valence electrons. The third-order valence-electron chi connectivity index (χ3n) is 5.05. The molecule has 0 bridgehead atoms. The first kappa shape index (κ1) is 23.4. The Bertz CT molecular complexity index is 1460. The van der Waals surface area contributed by atoms with Crippen molar-refractivity contribution in [3.63, 3.8) is 0 Å². The lowest BCUT2D eigenvalue weighted by molar-refractivity contribution is -0.113. The van der Waals surface area contributed by atoms with Gasteiger partial charge in [0.15, 0.2) is 15.3 Å². The van der Waals surface area contributed by atoms with Gasteiger partial charge >= 0.3 is 0 Å². The van der Waals surface area contributed by atoms with Crippen LogP contribution in [0.2, 0.25) is 0 Å². The van der Waals surface area contributed by atoms with E-state index < -0.39 is 0 Å². The Morgan fingerprint density at radius 3 is 2.71 bits per heavy atom. The number of nitrogens with one attached hydrogen (secondary N) is 2. The van der Waals surface area contributed by atoms with Crippen LogP contribution in [-0.2, 0) is 4.79 Å². The number of aromatic amines is 1. The molecule has 0 aliphatic heterocycles. The van der Waals surface area contributed by atoms with E-state index in [9.17, 15) is 4.79 Å². The van der Waals surface area contributed by atoms with Crippen LogP contribution in [0, 0.1) is 0 Å². The summed E-state index contributed by atoms with van der Waals surface area (Å²) in [7, 11) is 1.63. The Balaban J connectivity index is 1.43. The highest BCUT2D eigenvalue weighted by molar-refractivity contribution is 8.01. The number of ether oxygens (including phenoxy) is 1. The maximum atomic E-state index is 12.6. The summed E-state index contributed by atoms with van der Waals surface area (Å²) in [5.74, 6) is 2.30. The van der Waals surface area contributed by atoms with E-state index in [1.54, 1.807) is 18.9 Å². The number of carbonyl (C=O) groups is 1. The summed E-state index contributed by atoms with van der Waals surface area (Å²) < 4.78 is 8.10. The lowest BCUT2D eigenvalue weighted by Crippen LogP contribution is -2.14. The third-order valence-corrected chi connectivity index (χ3v) is 7.83. The van der Waals surface area contributed by atoms with Gasteiger partial charge in [-0.1, -0.05) is 60.0 Å². The number of hydrogen-bond donors (Lipinski definition) is 2. The van der Waals surface area contributed by atoms with Crippen LogP contribution in [0.1, 0.15) is 6.92 Å².